The van der Waals surface area contributed by atoms with Gasteiger partial charge in [0, 0.05) is 11.4 Å². The molecule has 0 atom stereocenters. The zero-order valence-corrected chi connectivity index (χ0v) is 13.9. The lowest BCUT2D eigenvalue weighted by Gasteiger charge is -2.08. The topological polar surface area (TPSA) is 70.6 Å². The minimum atomic E-state index is -0.208. The average Bonchev–Trinajstić information content (AvgIpc) is 2.56. The van der Waals surface area contributed by atoms with Crippen LogP contribution in [0.4, 0.5) is 5.69 Å². The van der Waals surface area contributed by atoms with Gasteiger partial charge in [-0.15, -0.1) is 0 Å². The fourth-order valence-electron chi connectivity index (χ4n) is 2.16. The third-order valence-electron chi connectivity index (χ3n) is 3.41. The molecule has 2 rings (SSSR count). The van der Waals surface area contributed by atoms with Gasteiger partial charge in [-0.3, -0.25) is 9.59 Å². The van der Waals surface area contributed by atoms with Crippen LogP contribution in [0.15, 0.2) is 59.7 Å². The number of para-hydroxylation sites is 1. The highest BCUT2D eigenvalue weighted by molar-refractivity contribution is 6.06. The Labute approximate surface area is 141 Å². The second-order valence-corrected chi connectivity index (χ2v) is 5.58. The first-order chi connectivity index (χ1) is 11.5. The number of hydrazone groups is 1. The van der Waals surface area contributed by atoms with E-state index < -0.39 is 0 Å². The molecule has 2 N–H and O–H groups in total. The number of hydrogen-bond acceptors (Lipinski definition) is 3. The fourth-order valence-corrected chi connectivity index (χ4v) is 2.16. The van der Waals surface area contributed by atoms with Crippen molar-refractivity contribution in [3.63, 3.8) is 0 Å². The van der Waals surface area contributed by atoms with E-state index in [1.54, 1.807) is 6.92 Å². The van der Waals surface area contributed by atoms with Gasteiger partial charge in [-0.05, 0) is 31.0 Å². The summed E-state index contributed by atoms with van der Waals surface area (Å²) in [6.45, 7) is 3.64. The largest absolute Gasteiger partial charge is 0.326 e. The molecule has 0 saturated carbocycles. The molecule has 2 aromatic carbocycles. The quantitative estimate of drug-likeness (QED) is 0.633. The summed E-state index contributed by atoms with van der Waals surface area (Å²) in [6, 6.07) is 17.0. The lowest BCUT2D eigenvalue weighted by Crippen LogP contribution is -2.23. The van der Waals surface area contributed by atoms with Gasteiger partial charge < -0.3 is 5.32 Å². The Kier molecular flexibility index (Phi) is 6.25. The van der Waals surface area contributed by atoms with Crippen molar-refractivity contribution in [2.75, 3.05) is 5.32 Å². The standard InChI is InChI=1S/C19H21N3O2/c1-14-8-6-7-11-17(14)20-18(23)12-15(2)21-22-19(24)13-16-9-4-3-5-10-16/h3-11H,12-13H2,1-2H3,(H,20,23)(H,22,24)/b21-15+. The summed E-state index contributed by atoms with van der Waals surface area (Å²) in [5.41, 5.74) is 5.72. The monoisotopic (exact) mass is 323 g/mol. The van der Waals surface area contributed by atoms with Crippen molar-refractivity contribution in [1.82, 2.24) is 5.43 Å². The van der Waals surface area contributed by atoms with Crippen LogP contribution in [-0.4, -0.2) is 17.5 Å². The highest BCUT2D eigenvalue weighted by atomic mass is 16.2. The van der Waals surface area contributed by atoms with Gasteiger partial charge in [0.2, 0.25) is 11.8 Å². The Hall–Kier alpha value is -2.95. The molecule has 24 heavy (non-hydrogen) atoms. The van der Waals surface area contributed by atoms with E-state index in [9.17, 15) is 9.59 Å². The number of amides is 2. The minimum Gasteiger partial charge on any atom is -0.326 e. The number of aryl methyl sites for hydroxylation is 1. The van der Waals surface area contributed by atoms with Crippen LogP contribution in [0.25, 0.3) is 0 Å². The summed E-state index contributed by atoms with van der Waals surface area (Å²) < 4.78 is 0. The van der Waals surface area contributed by atoms with E-state index in [1.807, 2.05) is 61.5 Å². The van der Waals surface area contributed by atoms with Gasteiger partial charge in [0.05, 0.1) is 12.8 Å². The molecule has 0 fully saturated rings. The Morgan fingerprint density at radius 3 is 2.33 bits per heavy atom. The van der Waals surface area contributed by atoms with Gasteiger partial charge in [-0.1, -0.05) is 48.5 Å². The predicted molar refractivity (Wildman–Crippen MR) is 95.8 cm³/mol. The summed E-state index contributed by atoms with van der Waals surface area (Å²) >= 11 is 0. The third kappa shape index (κ3) is 5.68. The third-order valence-corrected chi connectivity index (χ3v) is 3.41. The molecule has 5 nitrogen and oxygen atoms in total. The van der Waals surface area contributed by atoms with E-state index in [0.717, 1.165) is 16.8 Å². The lowest BCUT2D eigenvalue weighted by atomic mass is 10.1. The van der Waals surface area contributed by atoms with Crippen LogP contribution in [0.3, 0.4) is 0 Å². The fraction of sp³-hybridized carbons (Fsp3) is 0.211. The number of carbonyl (C=O) groups is 2. The first-order valence-electron chi connectivity index (χ1n) is 7.76. The van der Waals surface area contributed by atoms with Crippen molar-refractivity contribution in [3.8, 4) is 0 Å². The molecular formula is C19H21N3O2. The van der Waals surface area contributed by atoms with Crippen LogP contribution in [-0.2, 0) is 16.0 Å². The van der Waals surface area contributed by atoms with Gasteiger partial charge in [0.25, 0.3) is 0 Å². The number of benzene rings is 2. The first kappa shape index (κ1) is 17.4. The van der Waals surface area contributed by atoms with Crippen molar-refractivity contribution in [1.29, 1.82) is 0 Å². The van der Waals surface area contributed by atoms with Crippen molar-refractivity contribution in [3.05, 3.63) is 65.7 Å². The van der Waals surface area contributed by atoms with Crippen molar-refractivity contribution in [2.45, 2.75) is 26.7 Å². The zero-order chi connectivity index (χ0) is 17.4. The second-order valence-electron chi connectivity index (χ2n) is 5.58. The van der Waals surface area contributed by atoms with Crippen molar-refractivity contribution >= 4 is 23.2 Å². The van der Waals surface area contributed by atoms with Gasteiger partial charge in [-0.2, -0.15) is 5.10 Å². The number of hydrogen-bond donors (Lipinski definition) is 2. The maximum atomic E-state index is 12.0. The van der Waals surface area contributed by atoms with Crippen molar-refractivity contribution < 1.29 is 9.59 Å². The number of nitrogens with one attached hydrogen (secondary N) is 2. The summed E-state index contributed by atoms with van der Waals surface area (Å²) in [4.78, 5) is 23.8. The number of rotatable bonds is 6. The Bertz CT molecular complexity index is 739. The van der Waals surface area contributed by atoms with Gasteiger partial charge >= 0.3 is 0 Å². The van der Waals surface area contributed by atoms with Crippen LogP contribution < -0.4 is 10.7 Å². The second kappa shape index (κ2) is 8.62. The smallest absolute Gasteiger partial charge is 0.244 e. The molecule has 5 heteroatoms. The summed E-state index contributed by atoms with van der Waals surface area (Å²) in [5.74, 6) is -0.372. The molecule has 0 spiro atoms. The normalized spacial score (nSPS) is 11.0. The highest BCUT2D eigenvalue weighted by Gasteiger charge is 2.07. The first-order valence-corrected chi connectivity index (χ1v) is 7.76. The van der Waals surface area contributed by atoms with Gasteiger partial charge in [0.15, 0.2) is 0 Å². The molecule has 124 valence electrons. The number of anilines is 1. The van der Waals surface area contributed by atoms with Crippen LogP contribution in [0, 0.1) is 6.92 Å². The molecule has 0 heterocycles. The molecule has 0 aromatic heterocycles. The van der Waals surface area contributed by atoms with Crippen LogP contribution in [0.5, 0.6) is 0 Å². The molecule has 0 aliphatic carbocycles. The van der Waals surface area contributed by atoms with Crippen LogP contribution in [0.2, 0.25) is 0 Å². The molecule has 2 aromatic rings. The van der Waals surface area contributed by atoms with E-state index in [0.29, 0.717) is 5.71 Å². The van der Waals surface area contributed by atoms with Crippen LogP contribution in [0.1, 0.15) is 24.5 Å². The summed E-state index contributed by atoms with van der Waals surface area (Å²) in [5, 5.41) is 6.82. The molecular weight excluding hydrogens is 302 g/mol. The van der Waals surface area contributed by atoms with E-state index in [2.05, 4.69) is 15.8 Å². The molecule has 2 amide bonds. The van der Waals surface area contributed by atoms with E-state index in [-0.39, 0.29) is 24.7 Å². The minimum absolute atomic E-state index is 0.125. The number of nitrogens with zero attached hydrogens (tertiary/aromatic N) is 1. The Balaban J connectivity index is 1.82. The zero-order valence-electron chi connectivity index (χ0n) is 13.9. The highest BCUT2D eigenvalue weighted by Crippen LogP contribution is 2.13. The number of carbonyl (C=O) groups excluding carboxylic acids is 2. The molecule has 0 radical (unpaired) electrons. The van der Waals surface area contributed by atoms with E-state index >= 15 is 0 Å². The summed E-state index contributed by atoms with van der Waals surface area (Å²) in [6.07, 6.45) is 0.382. The SMILES string of the molecule is C/C(CC(=O)Nc1ccccc1C)=N\NC(=O)Cc1ccccc1. The summed E-state index contributed by atoms with van der Waals surface area (Å²) in [7, 11) is 0. The Morgan fingerprint density at radius 2 is 1.62 bits per heavy atom. The van der Waals surface area contributed by atoms with E-state index in [4.69, 9.17) is 0 Å². The van der Waals surface area contributed by atoms with Crippen molar-refractivity contribution in [2.24, 2.45) is 5.10 Å². The van der Waals surface area contributed by atoms with E-state index in [1.165, 1.54) is 0 Å². The Morgan fingerprint density at radius 1 is 0.958 bits per heavy atom. The molecule has 0 bridgehead atoms. The predicted octanol–water partition coefficient (Wildman–Crippen LogP) is 3.06. The van der Waals surface area contributed by atoms with Crippen LogP contribution >= 0.6 is 0 Å². The molecule has 0 aliphatic heterocycles. The maximum absolute atomic E-state index is 12.0. The molecule has 0 unspecified atom stereocenters. The molecule has 0 aliphatic rings. The maximum Gasteiger partial charge on any atom is 0.244 e. The molecule has 0 saturated heterocycles. The van der Waals surface area contributed by atoms with Gasteiger partial charge in [0.1, 0.15) is 0 Å². The average molecular weight is 323 g/mol. The van der Waals surface area contributed by atoms with Gasteiger partial charge in [-0.25, -0.2) is 5.43 Å². The lowest BCUT2D eigenvalue weighted by molar-refractivity contribution is -0.120.